The molecule has 1 rings (SSSR count). The van der Waals surface area contributed by atoms with Gasteiger partial charge in [-0.05, 0) is 13.3 Å². The molecule has 0 radical (unpaired) electrons. The zero-order valence-corrected chi connectivity index (χ0v) is 10.3. The van der Waals surface area contributed by atoms with E-state index in [1.807, 2.05) is 13.8 Å². The van der Waals surface area contributed by atoms with E-state index in [4.69, 9.17) is 9.84 Å². The second-order valence-corrected chi connectivity index (χ2v) is 4.54. The van der Waals surface area contributed by atoms with Gasteiger partial charge >= 0.3 is 5.97 Å². The Hall–Kier alpha value is -1.36. The minimum atomic E-state index is -1.02. The second-order valence-electron chi connectivity index (χ2n) is 4.54. The van der Waals surface area contributed by atoms with E-state index in [1.54, 1.807) is 4.90 Å². The van der Waals surface area contributed by atoms with Gasteiger partial charge in [0.25, 0.3) is 0 Å². The summed E-state index contributed by atoms with van der Waals surface area (Å²) >= 11 is 0. The van der Waals surface area contributed by atoms with Gasteiger partial charge in [0.1, 0.15) is 0 Å². The summed E-state index contributed by atoms with van der Waals surface area (Å²) in [6, 6.07) is 0. The zero-order valence-electron chi connectivity index (χ0n) is 10.3. The van der Waals surface area contributed by atoms with Crippen LogP contribution in [0.4, 0.5) is 0 Å². The predicted molar refractivity (Wildman–Crippen MR) is 62.6 cm³/mol. The number of ether oxygens (including phenoxy) is 1. The molecule has 1 saturated heterocycles. The number of hydrogen-bond donors (Lipinski definition) is 1. The molecule has 1 heterocycles. The van der Waals surface area contributed by atoms with Gasteiger partial charge in [0.15, 0.2) is 6.10 Å². The van der Waals surface area contributed by atoms with Crippen LogP contribution in [-0.4, -0.2) is 47.7 Å². The molecule has 1 N–H and O–H groups in total. The van der Waals surface area contributed by atoms with Crippen molar-refractivity contribution in [1.82, 2.24) is 4.90 Å². The fourth-order valence-corrected chi connectivity index (χ4v) is 1.92. The Morgan fingerprint density at radius 1 is 1.59 bits per heavy atom. The molecule has 5 heteroatoms. The number of rotatable bonds is 4. The van der Waals surface area contributed by atoms with E-state index in [0.29, 0.717) is 13.0 Å². The van der Waals surface area contributed by atoms with Gasteiger partial charge in [0.05, 0.1) is 13.2 Å². The van der Waals surface area contributed by atoms with Gasteiger partial charge in [-0.25, -0.2) is 4.79 Å². The Bertz CT molecular complexity index is 326. The molecule has 0 aromatic rings. The van der Waals surface area contributed by atoms with E-state index in [0.717, 1.165) is 5.57 Å². The van der Waals surface area contributed by atoms with Crippen LogP contribution in [0.5, 0.6) is 0 Å². The van der Waals surface area contributed by atoms with Crippen molar-refractivity contribution >= 4 is 11.9 Å². The van der Waals surface area contributed by atoms with Crippen LogP contribution in [0.15, 0.2) is 12.2 Å². The number of carboxylic acid groups (broad SMARTS) is 1. The molecule has 2 unspecified atom stereocenters. The normalized spacial score (nSPS) is 22.0. The van der Waals surface area contributed by atoms with Crippen molar-refractivity contribution in [3.05, 3.63) is 12.2 Å². The van der Waals surface area contributed by atoms with Crippen LogP contribution in [0, 0.1) is 5.92 Å². The van der Waals surface area contributed by atoms with Crippen LogP contribution in [0.25, 0.3) is 0 Å². The van der Waals surface area contributed by atoms with Crippen LogP contribution < -0.4 is 0 Å². The van der Waals surface area contributed by atoms with Crippen molar-refractivity contribution in [3.63, 3.8) is 0 Å². The second kappa shape index (κ2) is 5.82. The van der Waals surface area contributed by atoms with Gasteiger partial charge in [-0.2, -0.15) is 0 Å². The first-order chi connectivity index (χ1) is 7.91. The number of carboxylic acids is 1. The monoisotopic (exact) mass is 241 g/mol. The number of amides is 1. The van der Waals surface area contributed by atoms with Crippen molar-refractivity contribution in [2.45, 2.75) is 26.4 Å². The van der Waals surface area contributed by atoms with E-state index in [-0.39, 0.29) is 25.0 Å². The van der Waals surface area contributed by atoms with Gasteiger partial charge in [-0.3, -0.25) is 4.79 Å². The lowest BCUT2D eigenvalue weighted by Gasteiger charge is -2.32. The van der Waals surface area contributed by atoms with Crippen molar-refractivity contribution in [2.75, 3.05) is 19.7 Å². The molecular weight excluding hydrogens is 222 g/mol. The molecule has 0 saturated carbocycles. The number of nitrogens with zero attached hydrogens (tertiary/aromatic N) is 1. The number of allylic oxidation sites excluding steroid dienone is 1. The lowest BCUT2D eigenvalue weighted by Crippen LogP contribution is -2.50. The summed E-state index contributed by atoms with van der Waals surface area (Å²) in [4.78, 5) is 24.4. The lowest BCUT2D eigenvalue weighted by atomic mass is 10.0. The Balaban J connectivity index is 2.57. The Kier molecular flexibility index (Phi) is 4.69. The first kappa shape index (κ1) is 13.7. The topological polar surface area (TPSA) is 66.8 Å². The largest absolute Gasteiger partial charge is 0.479 e. The molecule has 1 amide bonds. The average molecular weight is 241 g/mol. The molecule has 1 fully saturated rings. The van der Waals surface area contributed by atoms with Crippen molar-refractivity contribution in [1.29, 1.82) is 0 Å². The summed E-state index contributed by atoms with van der Waals surface area (Å²) in [5.74, 6) is -1.20. The highest BCUT2D eigenvalue weighted by Gasteiger charge is 2.30. The molecule has 5 nitrogen and oxygen atoms in total. The smallest absolute Gasteiger partial charge is 0.334 e. The molecule has 2 atom stereocenters. The number of morpholine rings is 1. The van der Waals surface area contributed by atoms with E-state index in [2.05, 4.69) is 6.58 Å². The van der Waals surface area contributed by atoms with Crippen LogP contribution in [0.2, 0.25) is 0 Å². The maximum absolute atomic E-state index is 12.0. The fraction of sp³-hybridized carbons (Fsp3) is 0.667. The first-order valence-corrected chi connectivity index (χ1v) is 5.69. The molecule has 0 aromatic heterocycles. The summed E-state index contributed by atoms with van der Waals surface area (Å²) in [5, 5.41) is 8.84. The highest BCUT2D eigenvalue weighted by Crippen LogP contribution is 2.15. The predicted octanol–water partition coefficient (Wildman–Crippen LogP) is 0.901. The molecule has 96 valence electrons. The molecule has 0 bridgehead atoms. The maximum Gasteiger partial charge on any atom is 0.334 e. The highest BCUT2D eigenvalue weighted by atomic mass is 16.5. The molecule has 1 aliphatic heterocycles. The summed E-state index contributed by atoms with van der Waals surface area (Å²) < 4.78 is 5.07. The Morgan fingerprint density at radius 3 is 2.76 bits per heavy atom. The molecule has 1 aliphatic rings. The zero-order chi connectivity index (χ0) is 13.0. The van der Waals surface area contributed by atoms with E-state index in [1.165, 1.54) is 0 Å². The van der Waals surface area contributed by atoms with Crippen LogP contribution >= 0.6 is 0 Å². The summed E-state index contributed by atoms with van der Waals surface area (Å²) in [5.41, 5.74) is 0.953. The van der Waals surface area contributed by atoms with Crippen LogP contribution in [0.1, 0.15) is 20.3 Å². The molecule has 17 heavy (non-hydrogen) atoms. The van der Waals surface area contributed by atoms with Crippen molar-refractivity contribution < 1.29 is 19.4 Å². The van der Waals surface area contributed by atoms with E-state index >= 15 is 0 Å². The first-order valence-electron chi connectivity index (χ1n) is 5.69. The lowest BCUT2D eigenvalue weighted by molar-refractivity contribution is -0.160. The van der Waals surface area contributed by atoms with Crippen molar-refractivity contribution in [3.8, 4) is 0 Å². The SMILES string of the molecule is C=C(C)CC(C)C(=O)N1CCOC(C(=O)O)C1. The fourth-order valence-electron chi connectivity index (χ4n) is 1.92. The van der Waals surface area contributed by atoms with Crippen molar-refractivity contribution in [2.24, 2.45) is 5.92 Å². The number of carbonyl (C=O) groups excluding carboxylic acids is 1. The summed E-state index contributed by atoms with van der Waals surface area (Å²) in [6.07, 6.45) is -0.266. The molecule has 0 aliphatic carbocycles. The highest BCUT2D eigenvalue weighted by molar-refractivity contribution is 5.80. The van der Waals surface area contributed by atoms with Gasteiger partial charge in [-0.15, -0.1) is 6.58 Å². The van der Waals surface area contributed by atoms with Gasteiger partial charge in [0.2, 0.25) is 5.91 Å². The quantitative estimate of drug-likeness (QED) is 0.743. The molecule has 0 aromatic carbocycles. The number of hydrogen-bond acceptors (Lipinski definition) is 3. The number of carbonyl (C=O) groups is 2. The van der Waals surface area contributed by atoms with Gasteiger partial charge in [0, 0.05) is 12.5 Å². The average Bonchev–Trinajstić information content (AvgIpc) is 2.27. The third-order valence-electron chi connectivity index (χ3n) is 2.73. The number of aliphatic carboxylic acids is 1. The summed E-state index contributed by atoms with van der Waals surface area (Å²) in [6.45, 7) is 8.37. The van der Waals surface area contributed by atoms with Crippen LogP contribution in [-0.2, 0) is 14.3 Å². The van der Waals surface area contributed by atoms with Gasteiger partial charge in [-0.1, -0.05) is 12.5 Å². The summed E-state index contributed by atoms with van der Waals surface area (Å²) in [7, 11) is 0. The van der Waals surface area contributed by atoms with E-state index in [9.17, 15) is 9.59 Å². The standard InChI is InChI=1S/C12H19NO4/c1-8(2)6-9(3)11(14)13-4-5-17-10(7-13)12(15)16/h9-10H,1,4-7H2,2-3H3,(H,15,16). The van der Waals surface area contributed by atoms with E-state index < -0.39 is 12.1 Å². The Morgan fingerprint density at radius 2 is 2.24 bits per heavy atom. The molecular formula is C12H19NO4. The third kappa shape index (κ3) is 3.85. The minimum Gasteiger partial charge on any atom is -0.479 e. The third-order valence-corrected chi connectivity index (χ3v) is 2.73. The van der Waals surface area contributed by atoms with Crippen LogP contribution in [0.3, 0.4) is 0 Å². The van der Waals surface area contributed by atoms with Gasteiger partial charge < -0.3 is 14.7 Å². The maximum atomic E-state index is 12.0. The Labute approximate surface area is 101 Å². The minimum absolute atomic E-state index is 0.0254. The molecule has 0 spiro atoms.